The Balaban J connectivity index is 1.98. The van der Waals surface area contributed by atoms with Crippen LogP contribution in [0.3, 0.4) is 0 Å². The predicted octanol–water partition coefficient (Wildman–Crippen LogP) is 1.71. The number of nitrogens with zero attached hydrogens (tertiary/aromatic N) is 3. The van der Waals surface area contributed by atoms with Gasteiger partial charge in [-0.25, -0.2) is 4.98 Å². The van der Waals surface area contributed by atoms with E-state index in [1.807, 2.05) is 25.6 Å². The van der Waals surface area contributed by atoms with Gasteiger partial charge in [-0.1, -0.05) is 0 Å². The number of pyridine rings is 1. The van der Waals surface area contributed by atoms with E-state index in [4.69, 9.17) is 0 Å². The molecule has 2 aromatic rings. The van der Waals surface area contributed by atoms with Gasteiger partial charge in [-0.2, -0.15) is 5.10 Å². The highest BCUT2D eigenvalue weighted by molar-refractivity contribution is 5.91. The summed E-state index contributed by atoms with van der Waals surface area (Å²) in [5.74, 6) is -0.0200. The zero-order valence-electron chi connectivity index (χ0n) is 11.8. The van der Waals surface area contributed by atoms with Gasteiger partial charge in [0.1, 0.15) is 0 Å². The third-order valence-corrected chi connectivity index (χ3v) is 3.31. The zero-order valence-corrected chi connectivity index (χ0v) is 11.8. The first-order valence-corrected chi connectivity index (χ1v) is 6.42. The van der Waals surface area contributed by atoms with Gasteiger partial charge in [0, 0.05) is 25.4 Å². The molecule has 0 bridgehead atoms. The summed E-state index contributed by atoms with van der Waals surface area (Å²) < 4.78 is 1.81. The second-order valence-corrected chi connectivity index (χ2v) is 4.69. The molecular weight excluding hydrogens is 256 g/mol. The first kappa shape index (κ1) is 14.0. The highest BCUT2D eigenvalue weighted by atomic mass is 16.3. The van der Waals surface area contributed by atoms with Crippen LogP contribution in [0.25, 0.3) is 0 Å². The maximum Gasteiger partial charge on any atom is 0.225 e. The Morgan fingerprint density at radius 1 is 1.45 bits per heavy atom. The third kappa shape index (κ3) is 2.96. The van der Waals surface area contributed by atoms with E-state index in [2.05, 4.69) is 15.4 Å². The SMILES string of the molecule is Cc1nn(C)c(C)c1CCC(=O)Nc1ncccc1O. The molecule has 0 radical (unpaired) electrons. The molecule has 0 spiro atoms. The van der Waals surface area contributed by atoms with E-state index in [-0.39, 0.29) is 17.5 Å². The van der Waals surface area contributed by atoms with Crippen molar-refractivity contribution in [2.24, 2.45) is 7.05 Å². The average molecular weight is 274 g/mol. The van der Waals surface area contributed by atoms with Crippen molar-refractivity contribution >= 4 is 11.7 Å². The summed E-state index contributed by atoms with van der Waals surface area (Å²) in [4.78, 5) is 15.8. The smallest absolute Gasteiger partial charge is 0.225 e. The fourth-order valence-electron chi connectivity index (χ4n) is 2.11. The Hall–Kier alpha value is -2.37. The second kappa shape index (κ2) is 5.73. The number of aromatic nitrogens is 3. The lowest BCUT2D eigenvalue weighted by Crippen LogP contribution is -2.13. The Morgan fingerprint density at radius 3 is 2.80 bits per heavy atom. The van der Waals surface area contributed by atoms with Crippen molar-refractivity contribution in [1.82, 2.24) is 14.8 Å². The van der Waals surface area contributed by atoms with Gasteiger partial charge in [-0.3, -0.25) is 9.48 Å². The van der Waals surface area contributed by atoms with Gasteiger partial charge < -0.3 is 10.4 Å². The molecule has 0 saturated heterocycles. The molecule has 0 aliphatic rings. The van der Waals surface area contributed by atoms with Crippen LogP contribution in [0.1, 0.15) is 23.4 Å². The Labute approximate surface area is 117 Å². The number of aromatic hydroxyl groups is 1. The van der Waals surface area contributed by atoms with Crippen molar-refractivity contribution < 1.29 is 9.90 Å². The van der Waals surface area contributed by atoms with Gasteiger partial charge in [-0.15, -0.1) is 0 Å². The Bertz CT molecular complexity index is 634. The number of amides is 1. The summed E-state index contributed by atoms with van der Waals surface area (Å²) in [5, 5.41) is 16.5. The molecule has 0 atom stereocenters. The van der Waals surface area contributed by atoms with E-state index >= 15 is 0 Å². The minimum atomic E-state index is -0.179. The lowest BCUT2D eigenvalue weighted by molar-refractivity contribution is -0.116. The molecule has 0 fully saturated rings. The standard InChI is InChI=1S/C14H18N4O2/c1-9-11(10(2)18(3)17-9)6-7-13(20)16-14-12(19)5-4-8-15-14/h4-5,8,19H,6-7H2,1-3H3,(H,15,16,20). The van der Waals surface area contributed by atoms with Crippen LogP contribution in [0.5, 0.6) is 5.75 Å². The molecule has 6 heteroatoms. The molecule has 2 heterocycles. The maximum atomic E-state index is 11.9. The zero-order chi connectivity index (χ0) is 14.7. The van der Waals surface area contributed by atoms with E-state index in [0.717, 1.165) is 17.0 Å². The molecule has 0 aliphatic heterocycles. The van der Waals surface area contributed by atoms with Crippen LogP contribution in [-0.2, 0) is 18.3 Å². The van der Waals surface area contributed by atoms with Crippen LogP contribution in [0.4, 0.5) is 5.82 Å². The van der Waals surface area contributed by atoms with Gasteiger partial charge >= 0.3 is 0 Å². The fourth-order valence-corrected chi connectivity index (χ4v) is 2.11. The lowest BCUT2D eigenvalue weighted by Gasteiger charge is -2.06. The number of rotatable bonds is 4. The molecule has 2 N–H and O–H groups in total. The number of nitrogens with one attached hydrogen (secondary N) is 1. The van der Waals surface area contributed by atoms with Gasteiger partial charge in [0.2, 0.25) is 5.91 Å². The largest absolute Gasteiger partial charge is 0.504 e. The van der Waals surface area contributed by atoms with Crippen molar-refractivity contribution in [2.45, 2.75) is 26.7 Å². The topological polar surface area (TPSA) is 80.0 Å². The lowest BCUT2D eigenvalue weighted by atomic mass is 10.1. The summed E-state index contributed by atoms with van der Waals surface area (Å²) in [6.45, 7) is 3.92. The number of carbonyl (C=O) groups excluding carboxylic acids is 1. The predicted molar refractivity (Wildman–Crippen MR) is 75.5 cm³/mol. The molecule has 6 nitrogen and oxygen atoms in total. The first-order valence-electron chi connectivity index (χ1n) is 6.42. The molecular formula is C14H18N4O2. The van der Waals surface area contributed by atoms with Crippen molar-refractivity contribution in [3.8, 4) is 5.75 Å². The van der Waals surface area contributed by atoms with Crippen LogP contribution in [-0.4, -0.2) is 25.8 Å². The van der Waals surface area contributed by atoms with Gasteiger partial charge in [0.05, 0.1) is 5.69 Å². The number of aryl methyl sites for hydroxylation is 2. The molecule has 2 rings (SSSR count). The molecule has 0 saturated carbocycles. The minimum absolute atomic E-state index is 0.0328. The van der Waals surface area contributed by atoms with Crippen molar-refractivity contribution in [3.05, 3.63) is 35.3 Å². The van der Waals surface area contributed by atoms with Crippen LogP contribution in [0, 0.1) is 13.8 Å². The van der Waals surface area contributed by atoms with Crippen LogP contribution in [0.2, 0.25) is 0 Å². The van der Waals surface area contributed by atoms with Crippen molar-refractivity contribution in [2.75, 3.05) is 5.32 Å². The quantitative estimate of drug-likeness (QED) is 0.889. The normalized spacial score (nSPS) is 10.6. The highest BCUT2D eigenvalue weighted by Crippen LogP contribution is 2.19. The number of anilines is 1. The van der Waals surface area contributed by atoms with E-state index in [0.29, 0.717) is 12.8 Å². The van der Waals surface area contributed by atoms with Crippen molar-refractivity contribution in [3.63, 3.8) is 0 Å². The summed E-state index contributed by atoms with van der Waals surface area (Å²) in [7, 11) is 1.89. The average Bonchev–Trinajstić information content (AvgIpc) is 2.64. The summed E-state index contributed by atoms with van der Waals surface area (Å²) in [5.41, 5.74) is 3.10. The van der Waals surface area contributed by atoms with E-state index in [1.165, 1.54) is 12.3 Å². The highest BCUT2D eigenvalue weighted by Gasteiger charge is 2.12. The van der Waals surface area contributed by atoms with E-state index < -0.39 is 0 Å². The fraction of sp³-hybridized carbons (Fsp3) is 0.357. The monoisotopic (exact) mass is 274 g/mol. The van der Waals surface area contributed by atoms with Crippen LogP contribution >= 0.6 is 0 Å². The Morgan fingerprint density at radius 2 is 2.20 bits per heavy atom. The molecule has 0 unspecified atom stereocenters. The van der Waals surface area contributed by atoms with Crippen molar-refractivity contribution in [1.29, 1.82) is 0 Å². The molecule has 0 aromatic carbocycles. The minimum Gasteiger partial charge on any atom is -0.504 e. The number of hydrogen-bond acceptors (Lipinski definition) is 4. The molecule has 2 aromatic heterocycles. The number of carbonyl (C=O) groups is 1. The Kier molecular flexibility index (Phi) is 4.02. The summed E-state index contributed by atoms with van der Waals surface area (Å²) in [6, 6.07) is 3.09. The van der Waals surface area contributed by atoms with Crippen LogP contribution < -0.4 is 5.32 Å². The summed E-state index contributed by atoms with van der Waals surface area (Å²) >= 11 is 0. The van der Waals surface area contributed by atoms with E-state index in [9.17, 15) is 9.90 Å². The second-order valence-electron chi connectivity index (χ2n) is 4.69. The van der Waals surface area contributed by atoms with Gasteiger partial charge in [0.25, 0.3) is 0 Å². The van der Waals surface area contributed by atoms with Gasteiger partial charge in [-0.05, 0) is 38.0 Å². The number of hydrogen-bond donors (Lipinski definition) is 2. The molecule has 1 amide bonds. The molecule has 0 aliphatic carbocycles. The molecule has 20 heavy (non-hydrogen) atoms. The third-order valence-electron chi connectivity index (χ3n) is 3.31. The first-order chi connectivity index (χ1) is 9.49. The maximum absolute atomic E-state index is 11.9. The molecule has 106 valence electrons. The van der Waals surface area contributed by atoms with Gasteiger partial charge in [0.15, 0.2) is 11.6 Å². The van der Waals surface area contributed by atoms with Crippen LogP contribution in [0.15, 0.2) is 18.3 Å². The summed E-state index contributed by atoms with van der Waals surface area (Å²) in [6.07, 6.45) is 2.46. The van der Waals surface area contributed by atoms with E-state index in [1.54, 1.807) is 6.07 Å².